The zero-order valence-electron chi connectivity index (χ0n) is 23.7. The third-order valence-corrected chi connectivity index (χ3v) is 8.21. The maximum absolute atomic E-state index is 12.8. The number of β-amino-alcohol motifs (C(OH)–C–C–N with tert-alkyl or cyclic N) is 1. The number of rotatable bonds is 11. The summed E-state index contributed by atoms with van der Waals surface area (Å²) in [5, 5.41) is 17.0. The van der Waals surface area contributed by atoms with Gasteiger partial charge < -0.3 is 29.8 Å². The third-order valence-electron chi connectivity index (χ3n) is 8.21. The minimum atomic E-state index is -0.692. The van der Waals surface area contributed by atoms with Crippen LogP contribution in [-0.2, 0) is 24.4 Å². The highest BCUT2D eigenvalue weighted by Gasteiger charge is 2.35. The van der Waals surface area contributed by atoms with Crippen molar-refractivity contribution < 1.29 is 23.8 Å². The molecule has 3 aromatic rings. The van der Waals surface area contributed by atoms with Crippen molar-refractivity contribution in [2.45, 2.75) is 57.4 Å². The van der Waals surface area contributed by atoms with Crippen LogP contribution in [0, 0.1) is 5.92 Å². The molecule has 0 bridgehead atoms. The van der Waals surface area contributed by atoms with Gasteiger partial charge in [0.05, 0.1) is 12.3 Å². The van der Waals surface area contributed by atoms with E-state index < -0.39 is 6.10 Å². The number of carbonyl (C=O) groups excluding carboxylic acids is 2. The number of aromatic nitrogens is 2. The fourth-order valence-corrected chi connectivity index (χ4v) is 5.67. The lowest BCUT2D eigenvalue weighted by atomic mass is 9.99. The molecular formula is C31H38N6O5. The molecule has 1 aliphatic carbocycles. The van der Waals surface area contributed by atoms with Gasteiger partial charge in [0.1, 0.15) is 18.2 Å². The van der Waals surface area contributed by atoms with Crippen LogP contribution >= 0.6 is 0 Å². The van der Waals surface area contributed by atoms with Crippen LogP contribution in [0.3, 0.4) is 0 Å². The SMILES string of the molecule is O=C(NCC(O)CN1CCc2cc(OCc3cnco3)ccc2C1)c1ccnc(NC2CCN(C(=O)C3CC3)CC2)c1. The molecule has 11 nitrogen and oxygen atoms in total. The van der Waals surface area contributed by atoms with Crippen LogP contribution in [0.1, 0.15) is 52.9 Å². The van der Waals surface area contributed by atoms with Crippen molar-refractivity contribution in [1.29, 1.82) is 0 Å². The van der Waals surface area contributed by atoms with Crippen molar-refractivity contribution in [2.75, 3.05) is 38.0 Å². The molecule has 1 saturated carbocycles. The Morgan fingerprint density at radius 2 is 1.95 bits per heavy atom. The number of nitrogens with zero attached hydrogens (tertiary/aromatic N) is 4. The molecule has 1 aromatic carbocycles. The number of aliphatic hydroxyl groups is 1. The summed E-state index contributed by atoms with van der Waals surface area (Å²) < 4.78 is 11.0. The van der Waals surface area contributed by atoms with Gasteiger partial charge in [0.25, 0.3) is 5.91 Å². The van der Waals surface area contributed by atoms with Gasteiger partial charge in [-0.2, -0.15) is 0 Å². The van der Waals surface area contributed by atoms with Crippen molar-refractivity contribution in [3.63, 3.8) is 0 Å². The molecule has 2 amide bonds. The number of fused-ring (bicyclic) bond motifs is 1. The number of nitrogens with one attached hydrogen (secondary N) is 2. The Bertz CT molecular complexity index is 1370. The van der Waals surface area contributed by atoms with E-state index in [0.29, 0.717) is 36.2 Å². The highest BCUT2D eigenvalue weighted by Crippen LogP contribution is 2.32. The van der Waals surface area contributed by atoms with Crippen molar-refractivity contribution in [3.8, 4) is 5.75 Å². The fourth-order valence-electron chi connectivity index (χ4n) is 5.67. The molecule has 3 N–H and O–H groups in total. The summed E-state index contributed by atoms with van der Waals surface area (Å²) in [4.78, 5) is 37.6. The number of piperidine rings is 1. The highest BCUT2D eigenvalue weighted by molar-refractivity contribution is 5.94. The average Bonchev–Trinajstić information content (AvgIpc) is 3.73. The van der Waals surface area contributed by atoms with Crippen LogP contribution < -0.4 is 15.4 Å². The van der Waals surface area contributed by atoms with Crippen LogP contribution in [0.5, 0.6) is 5.75 Å². The number of oxazole rings is 1. The lowest BCUT2D eigenvalue weighted by Crippen LogP contribution is -2.43. The molecule has 0 radical (unpaired) electrons. The molecule has 6 rings (SSSR count). The van der Waals surface area contributed by atoms with E-state index in [1.54, 1.807) is 24.5 Å². The Balaban J connectivity index is 0.927. The number of amides is 2. The van der Waals surface area contributed by atoms with Crippen molar-refractivity contribution in [2.24, 2.45) is 5.92 Å². The van der Waals surface area contributed by atoms with Gasteiger partial charge in [-0.05, 0) is 67.5 Å². The van der Waals surface area contributed by atoms with Gasteiger partial charge in [0, 0.05) is 63.0 Å². The zero-order chi connectivity index (χ0) is 28.9. The van der Waals surface area contributed by atoms with E-state index in [-0.39, 0.29) is 24.4 Å². The lowest BCUT2D eigenvalue weighted by Gasteiger charge is -2.32. The molecule has 3 aliphatic rings. The molecule has 2 aliphatic heterocycles. The zero-order valence-corrected chi connectivity index (χ0v) is 23.7. The Kier molecular flexibility index (Phi) is 8.66. The second-order valence-corrected chi connectivity index (χ2v) is 11.5. The number of benzene rings is 1. The van der Waals surface area contributed by atoms with Crippen molar-refractivity contribution in [3.05, 3.63) is 71.6 Å². The molecule has 42 heavy (non-hydrogen) atoms. The number of hydrogen-bond donors (Lipinski definition) is 3. The van der Waals surface area contributed by atoms with E-state index in [1.807, 2.05) is 11.0 Å². The predicted octanol–water partition coefficient (Wildman–Crippen LogP) is 2.61. The molecule has 222 valence electrons. The molecule has 1 saturated heterocycles. The Labute approximate surface area is 245 Å². The Hall–Kier alpha value is -3.96. The van der Waals surface area contributed by atoms with E-state index in [4.69, 9.17) is 9.15 Å². The van der Waals surface area contributed by atoms with Gasteiger partial charge in [0.15, 0.2) is 12.2 Å². The normalized spacial score (nSPS) is 18.3. The van der Waals surface area contributed by atoms with Crippen molar-refractivity contribution in [1.82, 2.24) is 25.1 Å². The summed E-state index contributed by atoms with van der Waals surface area (Å²) in [5.74, 6) is 2.43. The molecule has 11 heteroatoms. The Morgan fingerprint density at radius 3 is 2.74 bits per heavy atom. The number of ether oxygens (including phenoxy) is 1. The van der Waals surface area contributed by atoms with Crippen LogP contribution in [-0.4, -0.2) is 81.6 Å². The van der Waals surface area contributed by atoms with Gasteiger partial charge in [-0.3, -0.25) is 14.5 Å². The second kappa shape index (κ2) is 12.9. The number of aliphatic hydroxyl groups excluding tert-OH is 1. The summed E-state index contributed by atoms with van der Waals surface area (Å²) in [6.45, 7) is 4.03. The fraction of sp³-hybridized carbons (Fsp3) is 0.484. The summed E-state index contributed by atoms with van der Waals surface area (Å²) in [5.41, 5.74) is 2.94. The molecule has 1 unspecified atom stereocenters. The van der Waals surface area contributed by atoms with Crippen LogP contribution in [0.4, 0.5) is 5.82 Å². The average molecular weight is 575 g/mol. The first-order valence-corrected chi connectivity index (χ1v) is 14.8. The molecule has 2 fully saturated rings. The Morgan fingerprint density at radius 1 is 1.10 bits per heavy atom. The molecular weight excluding hydrogens is 536 g/mol. The number of hydrogen-bond acceptors (Lipinski definition) is 9. The van der Waals surface area contributed by atoms with Crippen LogP contribution in [0.15, 0.2) is 53.5 Å². The van der Waals surface area contributed by atoms with Gasteiger partial charge in [0.2, 0.25) is 5.91 Å². The van der Waals surface area contributed by atoms with E-state index in [9.17, 15) is 14.7 Å². The van der Waals surface area contributed by atoms with E-state index in [1.165, 1.54) is 17.5 Å². The predicted molar refractivity (Wildman–Crippen MR) is 155 cm³/mol. The van der Waals surface area contributed by atoms with E-state index >= 15 is 0 Å². The molecule has 0 spiro atoms. The van der Waals surface area contributed by atoms with Crippen LogP contribution in [0.2, 0.25) is 0 Å². The minimum Gasteiger partial charge on any atom is -0.486 e. The monoisotopic (exact) mass is 574 g/mol. The largest absolute Gasteiger partial charge is 0.486 e. The van der Waals surface area contributed by atoms with Gasteiger partial charge in [-0.15, -0.1) is 0 Å². The first-order valence-electron chi connectivity index (χ1n) is 14.8. The summed E-state index contributed by atoms with van der Waals surface area (Å²) >= 11 is 0. The number of likely N-dealkylation sites (tertiary alicyclic amines) is 1. The lowest BCUT2D eigenvalue weighted by molar-refractivity contribution is -0.133. The maximum Gasteiger partial charge on any atom is 0.251 e. The third kappa shape index (κ3) is 7.27. The van der Waals surface area contributed by atoms with E-state index in [2.05, 4.69) is 37.6 Å². The minimum absolute atomic E-state index is 0.162. The topological polar surface area (TPSA) is 133 Å². The quantitative estimate of drug-likeness (QED) is 0.316. The second-order valence-electron chi connectivity index (χ2n) is 11.5. The van der Waals surface area contributed by atoms with Gasteiger partial charge >= 0.3 is 0 Å². The highest BCUT2D eigenvalue weighted by atomic mass is 16.5. The van der Waals surface area contributed by atoms with Crippen LogP contribution in [0.25, 0.3) is 0 Å². The number of carbonyl (C=O) groups is 2. The number of pyridine rings is 1. The van der Waals surface area contributed by atoms with Crippen molar-refractivity contribution >= 4 is 17.6 Å². The summed E-state index contributed by atoms with van der Waals surface area (Å²) in [7, 11) is 0. The smallest absolute Gasteiger partial charge is 0.251 e. The standard InChI is InChI=1S/C31H38N6O5/c38-26(18-36-10-6-22-13-27(4-3-24(22)17-36)41-19-28-16-32-20-42-28)15-34-30(39)23-5-9-33-29(14-23)35-25-7-11-37(12-8-25)31(40)21-1-2-21/h3-5,9,13-14,16,20-21,25-26,38H,1-2,6-8,10-12,15,17-19H2,(H,33,35)(H,34,39). The molecule has 1 atom stereocenters. The van der Waals surface area contributed by atoms with Gasteiger partial charge in [-0.25, -0.2) is 9.97 Å². The first kappa shape index (κ1) is 28.2. The molecule has 2 aromatic heterocycles. The summed E-state index contributed by atoms with van der Waals surface area (Å²) in [6.07, 6.45) is 8.61. The maximum atomic E-state index is 12.8. The summed E-state index contributed by atoms with van der Waals surface area (Å²) in [6, 6.07) is 9.72. The first-order chi connectivity index (χ1) is 20.5. The molecule has 4 heterocycles. The van der Waals surface area contributed by atoms with Gasteiger partial charge in [-0.1, -0.05) is 6.07 Å². The number of anilines is 1. The van der Waals surface area contributed by atoms with E-state index in [0.717, 1.165) is 64.0 Å².